The van der Waals surface area contributed by atoms with Crippen molar-refractivity contribution in [3.8, 4) is 0 Å². The summed E-state index contributed by atoms with van der Waals surface area (Å²) in [5.74, 6) is 0. The van der Waals surface area contributed by atoms with Gasteiger partial charge in [-0.2, -0.15) is 0 Å². The van der Waals surface area contributed by atoms with E-state index in [1.54, 1.807) is 0 Å². The summed E-state index contributed by atoms with van der Waals surface area (Å²) in [5.41, 5.74) is 3.40. The Kier molecular flexibility index (Phi) is 4.88. The first kappa shape index (κ1) is 14.4. The Bertz CT molecular complexity index is 415. The number of piperazine rings is 1. The van der Waals surface area contributed by atoms with Crippen molar-refractivity contribution in [2.24, 2.45) is 0 Å². The molecular formula is C15H22F2N2. The summed E-state index contributed by atoms with van der Waals surface area (Å²) in [5, 5.41) is 3.27. The van der Waals surface area contributed by atoms with Gasteiger partial charge in [0.1, 0.15) is 0 Å². The molecule has 1 heterocycles. The second-order valence-corrected chi connectivity index (χ2v) is 5.27. The highest BCUT2D eigenvalue weighted by atomic mass is 19.3. The average Bonchev–Trinajstić information content (AvgIpc) is 2.40. The molecule has 0 radical (unpaired) electrons. The molecule has 0 spiro atoms. The highest BCUT2D eigenvalue weighted by molar-refractivity contribution is 5.32. The maximum Gasteiger partial charge on any atom is 0.240 e. The lowest BCUT2D eigenvalue weighted by Crippen LogP contribution is -2.45. The fraction of sp³-hybridized carbons (Fsp3) is 0.600. The minimum atomic E-state index is -2.26. The van der Waals surface area contributed by atoms with Gasteiger partial charge in [-0.25, -0.2) is 8.78 Å². The van der Waals surface area contributed by atoms with Crippen LogP contribution in [0.2, 0.25) is 0 Å². The van der Waals surface area contributed by atoms with Crippen molar-refractivity contribution < 1.29 is 8.78 Å². The first-order chi connectivity index (χ1) is 9.08. The topological polar surface area (TPSA) is 15.3 Å². The molecule has 0 amide bonds. The predicted octanol–water partition coefficient (Wildman–Crippen LogP) is 2.90. The van der Waals surface area contributed by atoms with E-state index < -0.39 is 6.43 Å². The maximum atomic E-state index is 12.9. The van der Waals surface area contributed by atoms with Crippen LogP contribution in [0.15, 0.2) is 18.2 Å². The summed E-state index contributed by atoms with van der Waals surface area (Å²) in [6.07, 6.45) is -2.34. The van der Waals surface area contributed by atoms with Gasteiger partial charge in [0.05, 0.1) is 0 Å². The van der Waals surface area contributed by atoms with Crippen LogP contribution in [0.4, 0.5) is 8.78 Å². The van der Waals surface area contributed by atoms with Gasteiger partial charge in [0.2, 0.25) is 6.43 Å². The molecule has 1 aliphatic heterocycles. The number of alkyl halides is 2. The van der Waals surface area contributed by atoms with E-state index in [1.165, 1.54) is 11.1 Å². The quantitative estimate of drug-likeness (QED) is 0.903. The normalized spacial score (nSPS) is 18.8. The lowest BCUT2D eigenvalue weighted by molar-refractivity contribution is 0.0739. The lowest BCUT2D eigenvalue weighted by atomic mass is 9.97. The van der Waals surface area contributed by atoms with Gasteiger partial charge in [-0.05, 0) is 30.5 Å². The Labute approximate surface area is 113 Å². The van der Waals surface area contributed by atoms with Crippen molar-refractivity contribution >= 4 is 0 Å². The van der Waals surface area contributed by atoms with Crippen molar-refractivity contribution in [1.82, 2.24) is 10.2 Å². The number of nitrogens with one attached hydrogen (secondary N) is 1. The Morgan fingerprint density at radius 2 is 1.84 bits per heavy atom. The monoisotopic (exact) mass is 268 g/mol. The second-order valence-electron chi connectivity index (χ2n) is 5.27. The summed E-state index contributed by atoms with van der Waals surface area (Å²) in [6.45, 7) is 7.52. The van der Waals surface area contributed by atoms with Crippen LogP contribution in [0, 0.1) is 13.8 Å². The molecule has 2 nitrogen and oxygen atoms in total. The molecule has 1 fully saturated rings. The summed E-state index contributed by atoms with van der Waals surface area (Å²) in [6, 6.07) is 5.93. The van der Waals surface area contributed by atoms with Crippen LogP contribution in [0.3, 0.4) is 0 Å². The third kappa shape index (κ3) is 3.74. The van der Waals surface area contributed by atoms with E-state index in [-0.39, 0.29) is 12.5 Å². The van der Waals surface area contributed by atoms with Gasteiger partial charge in [0, 0.05) is 38.6 Å². The minimum Gasteiger partial charge on any atom is -0.314 e. The molecule has 2 rings (SSSR count). The van der Waals surface area contributed by atoms with E-state index in [0.717, 1.165) is 31.7 Å². The fourth-order valence-corrected chi connectivity index (χ4v) is 2.63. The summed E-state index contributed by atoms with van der Waals surface area (Å²) in [4.78, 5) is 2.17. The Balaban J connectivity index is 2.22. The molecule has 1 aromatic rings. The van der Waals surface area contributed by atoms with E-state index in [0.29, 0.717) is 0 Å². The third-order valence-corrected chi connectivity index (χ3v) is 3.91. The number of halogens is 2. The van der Waals surface area contributed by atoms with Crippen molar-refractivity contribution in [3.63, 3.8) is 0 Å². The molecule has 1 saturated heterocycles. The van der Waals surface area contributed by atoms with Crippen LogP contribution in [-0.2, 0) is 0 Å². The van der Waals surface area contributed by atoms with E-state index in [2.05, 4.69) is 16.3 Å². The average molecular weight is 268 g/mol. The van der Waals surface area contributed by atoms with E-state index in [4.69, 9.17) is 0 Å². The standard InChI is InChI=1S/C15H22F2N2/c1-11-3-4-13(9-12(11)2)14(10-15(16)17)19-7-5-18-6-8-19/h3-4,9,14-15,18H,5-8,10H2,1-2H3/t14-/m0/s1. The van der Waals surface area contributed by atoms with Gasteiger partial charge >= 0.3 is 0 Å². The Morgan fingerprint density at radius 1 is 1.16 bits per heavy atom. The number of nitrogens with zero attached hydrogens (tertiary/aromatic N) is 1. The first-order valence-corrected chi connectivity index (χ1v) is 6.88. The summed E-state index contributed by atoms with van der Waals surface area (Å²) >= 11 is 0. The zero-order valence-electron chi connectivity index (χ0n) is 11.6. The summed E-state index contributed by atoms with van der Waals surface area (Å²) < 4.78 is 25.7. The van der Waals surface area contributed by atoms with Gasteiger partial charge < -0.3 is 5.32 Å². The van der Waals surface area contributed by atoms with Crippen LogP contribution in [-0.4, -0.2) is 37.5 Å². The second kappa shape index (κ2) is 6.44. The molecule has 19 heavy (non-hydrogen) atoms. The zero-order valence-corrected chi connectivity index (χ0v) is 11.6. The molecule has 0 aromatic heterocycles. The Hall–Kier alpha value is -1.00. The first-order valence-electron chi connectivity index (χ1n) is 6.88. The molecule has 1 N–H and O–H groups in total. The van der Waals surface area contributed by atoms with E-state index in [1.807, 2.05) is 26.0 Å². The largest absolute Gasteiger partial charge is 0.314 e. The number of benzene rings is 1. The molecular weight excluding hydrogens is 246 g/mol. The SMILES string of the molecule is Cc1ccc([C@H](CC(F)F)N2CCNCC2)cc1C. The van der Waals surface area contributed by atoms with Crippen LogP contribution >= 0.6 is 0 Å². The lowest BCUT2D eigenvalue weighted by Gasteiger charge is -2.35. The van der Waals surface area contributed by atoms with Gasteiger partial charge in [-0.15, -0.1) is 0 Å². The number of aryl methyl sites for hydroxylation is 2. The van der Waals surface area contributed by atoms with Crippen LogP contribution in [0.1, 0.15) is 29.2 Å². The highest BCUT2D eigenvalue weighted by Gasteiger charge is 2.25. The zero-order chi connectivity index (χ0) is 13.8. The van der Waals surface area contributed by atoms with E-state index >= 15 is 0 Å². The highest BCUT2D eigenvalue weighted by Crippen LogP contribution is 2.28. The van der Waals surface area contributed by atoms with Crippen LogP contribution < -0.4 is 5.32 Å². The predicted molar refractivity (Wildman–Crippen MR) is 73.7 cm³/mol. The number of hydrogen-bond donors (Lipinski definition) is 1. The third-order valence-electron chi connectivity index (χ3n) is 3.91. The van der Waals surface area contributed by atoms with E-state index in [9.17, 15) is 8.78 Å². The molecule has 1 aromatic carbocycles. The molecule has 1 aliphatic rings. The molecule has 1 atom stereocenters. The molecule has 0 unspecified atom stereocenters. The maximum absolute atomic E-state index is 12.9. The van der Waals surface area contributed by atoms with Crippen LogP contribution in [0.25, 0.3) is 0 Å². The summed E-state index contributed by atoms with van der Waals surface area (Å²) in [7, 11) is 0. The van der Waals surface area contributed by atoms with Gasteiger partial charge in [0.15, 0.2) is 0 Å². The van der Waals surface area contributed by atoms with Crippen molar-refractivity contribution in [2.75, 3.05) is 26.2 Å². The smallest absolute Gasteiger partial charge is 0.240 e. The van der Waals surface area contributed by atoms with Gasteiger partial charge in [-0.3, -0.25) is 4.90 Å². The van der Waals surface area contributed by atoms with Crippen LogP contribution in [0.5, 0.6) is 0 Å². The molecule has 4 heteroatoms. The molecule has 106 valence electrons. The fourth-order valence-electron chi connectivity index (χ4n) is 2.63. The Morgan fingerprint density at radius 3 is 2.42 bits per heavy atom. The minimum absolute atomic E-state index is 0.0809. The number of hydrogen-bond acceptors (Lipinski definition) is 2. The van der Waals surface area contributed by atoms with Crippen molar-refractivity contribution in [1.29, 1.82) is 0 Å². The van der Waals surface area contributed by atoms with Crippen molar-refractivity contribution in [2.45, 2.75) is 32.7 Å². The number of rotatable bonds is 4. The molecule has 0 saturated carbocycles. The molecule has 0 aliphatic carbocycles. The molecule has 0 bridgehead atoms. The van der Waals surface area contributed by atoms with Gasteiger partial charge in [-0.1, -0.05) is 18.2 Å². The van der Waals surface area contributed by atoms with Gasteiger partial charge in [0.25, 0.3) is 0 Å². The van der Waals surface area contributed by atoms with Crippen molar-refractivity contribution in [3.05, 3.63) is 34.9 Å².